The van der Waals surface area contributed by atoms with Crippen LogP contribution in [0.3, 0.4) is 0 Å². The van der Waals surface area contributed by atoms with Crippen molar-refractivity contribution in [1.29, 1.82) is 0 Å². The van der Waals surface area contributed by atoms with E-state index in [0.29, 0.717) is 17.1 Å². The Hall–Kier alpha value is -3.28. The molecular formula is C23H24N4O2. The van der Waals surface area contributed by atoms with Crippen LogP contribution in [-0.2, 0) is 6.42 Å². The average molecular weight is 388 g/mol. The van der Waals surface area contributed by atoms with E-state index in [2.05, 4.69) is 29.1 Å². The molecule has 1 amide bonds. The number of rotatable bonds is 4. The molecule has 0 aliphatic heterocycles. The predicted molar refractivity (Wildman–Crippen MR) is 111 cm³/mol. The Kier molecular flexibility index (Phi) is 5.01. The van der Waals surface area contributed by atoms with Crippen LogP contribution in [0.2, 0.25) is 0 Å². The number of benzene rings is 1. The van der Waals surface area contributed by atoms with Gasteiger partial charge < -0.3 is 10.1 Å². The lowest BCUT2D eigenvalue weighted by Gasteiger charge is -2.36. The molecule has 1 aliphatic rings. The maximum Gasteiger partial charge on any atom is 0.255 e. The first-order valence-corrected chi connectivity index (χ1v) is 9.67. The zero-order valence-corrected chi connectivity index (χ0v) is 16.8. The summed E-state index contributed by atoms with van der Waals surface area (Å²) in [5.74, 6) is 1.08. The molecule has 1 aromatic carbocycles. The van der Waals surface area contributed by atoms with E-state index in [1.165, 1.54) is 0 Å². The van der Waals surface area contributed by atoms with Crippen molar-refractivity contribution >= 4 is 5.91 Å². The average Bonchev–Trinajstić information content (AvgIpc) is 2.73. The Balaban J connectivity index is 1.66. The standard InChI is InChI=1S/C23H24N4O2/c1-23(2)12-18-17(14-25-21(26-18)15-8-10-24-11-9-15)19(13-23)27-22(28)16-6-4-5-7-20(16)29-3/h4-11,14,19H,12-13H2,1-3H3,(H,27,28)/t19-/m0/s1. The molecular weight excluding hydrogens is 364 g/mol. The molecule has 0 unspecified atom stereocenters. The number of ether oxygens (including phenoxy) is 1. The second kappa shape index (κ2) is 7.62. The number of carbonyl (C=O) groups excluding carboxylic acids is 1. The zero-order valence-electron chi connectivity index (χ0n) is 16.8. The lowest BCUT2D eigenvalue weighted by Crippen LogP contribution is -2.37. The van der Waals surface area contributed by atoms with Gasteiger partial charge in [-0.25, -0.2) is 9.97 Å². The molecule has 3 aromatic rings. The number of fused-ring (bicyclic) bond motifs is 1. The van der Waals surface area contributed by atoms with E-state index in [0.717, 1.165) is 29.7 Å². The highest BCUT2D eigenvalue weighted by molar-refractivity contribution is 5.97. The van der Waals surface area contributed by atoms with Crippen molar-refractivity contribution in [3.63, 3.8) is 0 Å². The molecule has 148 valence electrons. The van der Waals surface area contributed by atoms with Crippen LogP contribution in [0.15, 0.2) is 55.0 Å². The summed E-state index contributed by atoms with van der Waals surface area (Å²) in [5.41, 5.74) is 3.42. The van der Waals surface area contributed by atoms with Crippen LogP contribution in [0.25, 0.3) is 11.4 Å². The second-order valence-electron chi connectivity index (χ2n) is 8.10. The first-order valence-electron chi connectivity index (χ1n) is 9.67. The van der Waals surface area contributed by atoms with Crippen LogP contribution in [-0.4, -0.2) is 28.0 Å². The number of nitrogens with zero attached hydrogens (tertiary/aromatic N) is 3. The Morgan fingerprint density at radius 3 is 2.69 bits per heavy atom. The van der Waals surface area contributed by atoms with Crippen molar-refractivity contribution in [3.05, 3.63) is 71.8 Å². The van der Waals surface area contributed by atoms with Gasteiger partial charge in [0.15, 0.2) is 5.82 Å². The first-order chi connectivity index (χ1) is 14.0. The maximum atomic E-state index is 13.0. The van der Waals surface area contributed by atoms with Crippen molar-refractivity contribution in [2.24, 2.45) is 5.41 Å². The number of hydrogen-bond acceptors (Lipinski definition) is 5. The van der Waals surface area contributed by atoms with Crippen LogP contribution < -0.4 is 10.1 Å². The number of carbonyl (C=O) groups is 1. The van der Waals surface area contributed by atoms with E-state index >= 15 is 0 Å². The molecule has 6 nitrogen and oxygen atoms in total. The van der Waals surface area contributed by atoms with Crippen LogP contribution in [0, 0.1) is 5.41 Å². The quantitative estimate of drug-likeness (QED) is 0.731. The molecule has 1 N–H and O–H groups in total. The summed E-state index contributed by atoms with van der Waals surface area (Å²) >= 11 is 0. The van der Waals surface area contributed by atoms with Gasteiger partial charge in [-0.2, -0.15) is 0 Å². The Morgan fingerprint density at radius 2 is 1.93 bits per heavy atom. The molecule has 0 saturated carbocycles. The Morgan fingerprint density at radius 1 is 1.17 bits per heavy atom. The SMILES string of the molecule is COc1ccccc1C(=O)N[C@H]1CC(C)(C)Cc2nc(-c3ccncc3)ncc21. The minimum atomic E-state index is -0.158. The van der Waals surface area contributed by atoms with Crippen molar-refractivity contribution < 1.29 is 9.53 Å². The van der Waals surface area contributed by atoms with Crippen LogP contribution in [0.4, 0.5) is 0 Å². The third-order valence-corrected chi connectivity index (χ3v) is 5.27. The van der Waals surface area contributed by atoms with Gasteiger partial charge in [0.25, 0.3) is 5.91 Å². The fraction of sp³-hybridized carbons (Fsp3) is 0.304. The van der Waals surface area contributed by atoms with Gasteiger partial charge in [0, 0.05) is 29.7 Å². The Bertz CT molecular complexity index is 1030. The van der Waals surface area contributed by atoms with Crippen molar-refractivity contribution in [2.75, 3.05) is 7.11 Å². The van der Waals surface area contributed by atoms with Crippen LogP contribution in [0.1, 0.15) is 47.9 Å². The van der Waals surface area contributed by atoms with E-state index in [-0.39, 0.29) is 17.4 Å². The molecule has 1 atom stereocenters. The number of para-hydroxylation sites is 1. The van der Waals surface area contributed by atoms with Gasteiger partial charge in [0.1, 0.15) is 5.75 Å². The van der Waals surface area contributed by atoms with Gasteiger partial charge in [-0.1, -0.05) is 26.0 Å². The number of nitrogens with one attached hydrogen (secondary N) is 1. The number of aromatic nitrogens is 3. The highest BCUT2D eigenvalue weighted by Gasteiger charge is 2.35. The molecule has 4 rings (SSSR count). The molecule has 1 aliphatic carbocycles. The number of hydrogen-bond donors (Lipinski definition) is 1. The summed E-state index contributed by atoms with van der Waals surface area (Å²) in [6.07, 6.45) is 6.97. The topological polar surface area (TPSA) is 77.0 Å². The van der Waals surface area contributed by atoms with Crippen molar-refractivity contribution in [3.8, 4) is 17.1 Å². The molecule has 0 saturated heterocycles. The summed E-state index contributed by atoms with van der Waals surface area (Å²) in [6.45, 7) is 4.40. The molecule has 0 radical (unpaired) electrons. The highest BCUT2D eigenvalue weighted by Crippen LogP contribution is 2.40. The van der Waals surface area contributed by atoms with E-state index in [4.69, 9.17) is 9.72 Å². The van der Waals surface area contributed by atoms with E-state index in [1.807, 2.05) is 30.5 Å². The summed E-state index contributed by atoms with van der Waals surface area (Å²) in [6, 6.07) is 10.9. The van der Waals surface area contributed by atoms with Gasteiger partial charge in [-0.3, -0.25) is 9.78 Å². The minimum Gasteiger partial charge on any atom is -0.496 e. The number of pyridine rings is 1. The fourth-order valence-corrected chi connectivity index (χ4v) is 3.88. The monoisotopic (exact) mass is 388 g/mol. The maximum absolute atomic E-state index is 13.0. The fourth-order valence-electron chi connectivity index (χ4n) is 3.88. The zero-order chi connectivity index (χ0) is 20.4. The number of amides is 1. The number of methoxy groups -OCH3 is 1. The lowest BCUT2D eigenvalue weighted by atomic mass is 9.74. The molecule has 2 heterocycles. The molecule has 6 heteroatoms. The normalized spacial score (nSPS) is 17.3. The Labute approximate surface area is 170 Å². The summed E-state index contributed by atoms with van der Waals surface area (Å²) in [7, 11) is 1.57. The van der Waals surface area contributed by atoms with Crippen molar-refractivity contribution in [2.45, 2.75) is 32.7 Å². The predicted octanol–water partition coefficient (Wildman–Crippen LogP) is 3.99. The smallest absolute Gasteiger partial charge is 0.255 e. The minimum absolute atomic E-state index is 0.00951. The van der Waals surface area contributed by atoms with Gasteiger partial charge >= 0.3 is 0 Å². The molecule has 0 fully saturated rings. The summed E-state index contributed by atoms with van der Waals surface area (Å²) in [5, 5.41) is 3.17. The molecule has 29 heavy (non-hydrogen) atoms. The first kappa shape index (κ1) is 19.1. The lowest BCUT2D eigenvalue weighted by molar-refractivity contribution is 0.0916. The van der Waals surface area contributed by atoms with Gasteiger partial charge in [0.2, 0.25) is 0 Å². The van der Waals surface area contributed by atoms with E-state index < -0.39 is 0 Å². The van der Waals surface area contributed by atoms with Gasteiger partial charge in [0.05, 0.1) is 24.4 Å². The largest absolute Gasteiger partial charge is 0.496 e. The van der Waals surface area contributed by atoms with Gasteiger partial charge in [-0.05, 0) is 42.5 Å². The summed E-state index contributed by atoms with van der Waals surface area (Å²) < 4.78 is 5.34. The highest BCUT2D eigenvalue weighted by atomic mass is 16.5. The molecule has 2 aromatic heterocycles. The van der Waals surface area contributed by atoms with E-state index in [1.54, 1.807) is 31.6 Å². The third kappa shape index (κ3) is 3.97. The van der Waals surface area contributed by atoms with Crippen molar-refractivity contribution in [1.82, 2.24) is 20.3 Å². The molecule has 0 bridgehead atoms. The third-order valence-electron chi connectivity index (χ3n) is 5.27. The van der Waals surface area contributed by atoms with Crippen LogP contribution >= 0.6 is 0 Å². The van der Waals surface area contributed by atoms with E-state index in [9.17, 15) is 4.79 Å². The van der Waals surface area contributed by atoms with Gasteiger partial charge in [-0.15, -0.1) is 0 Å². The molecule has 0 spiro atoms. The summed E-state index contributed by atoms with van der Waals surface area (Å²) in [4.78, 5) is 26.4. The van der Waals surface area contributed by atoms with Crippen LogP contribution in [0.5, 0.6) is 5.75 Å². The second-order valence-corrected chi connectivity index (χ2v) is 8.10.